The van der Waals surface area contributed by atoms with E-state index < -0.39 is 31.8 Å². The number of benzene rings is 4. The van der Waals surface area contributed by atoms with Crippen LogP contribution in [0.1, 0.15) is 62.4 Å². The van der Waals surface area contributed by atoms with Crippen molar-refractivity contribution in [3.05, 3.63) is 145 Å². The molecule has 1 N–H and O–H groups in total. The fourth-order valence-corrected chi connectivity index (χ4v) is 10.1. The molecule has 0 saturated carbocycles. The molecule has 0 aliphatic carbocycles. The van der Waals surface area contributed by atoms with Gasteiger partial charge in [0.15, 0.2) is 19.7 Å². The van der Waals surface area contributed by atoms with Crippen molar-refractivity contribution in [3.63, 3.8) is 0 Å². The van der Waals surface area contributed by atoms with Gasteiger partial charge in [-0.2, -0.15) is 0 Å². The van der Waals surface area contributed by atoms with Crippen molar-refractivity contribution in [2.45, 2.75) is 73.7 Å². The average molecular weight is 929 g/mol. The molecule has 6 aromatic rings. The zero-order valence-electron chi connectivity index (χ0n) is 36.0. The minimum atomic E-state index is -3.90. The van der Waals surface area contributed by atoms with Gasteiger partial charge in [0.25, 0.3) is 0 Å². The predicted octanol–water partition coefficient (Wildman–Crippen LogP) is 8.65. The summed E-state index contributed by atoms with van der Waals surface area (Å²) in [4.78, 5) is 20.5. The first kappa shape index (κ1) is 43.0. The van der Waals surface area contributed by atoms with E-state index in [0.717, 1.165) is 65.3 Å². The zero-order chi connectivity index (χ0) is 41.9. The van der Waals surface area contributed by atoms with Gasteiger partial charge < -0.3 is 22.2 Å². The van der Waals surface area contributed by atoms with E-state index in [1.54, 1.807) is 72.2 Å². The van der Waals surface area contributed by atoms with Gasteiger partial charge in [-0.05, 0) is 149 Å². The van der Waals surface area contributed by atoms with Crippen LogP contribution in [-0.2, 0) is 59.3 Å². The first-order valence-corrected chi connectivity index (χ1v) is 22.6. The van der Waals surface area contributed by atoms with Crippen LogP contribution in [0.5, 0.6) is 0 Å². The number of aromatic amines is 1. The number of fused-ring (bicyclic) bond motifs is 2. The van der Waals surface area contributed by atoms with Crippen molar-refractivity contribution < 1.29 is 44.8 Å². The van der Waals surface area contributed by atoms with Crippen molar-refractivity contribution in [1.29, 1.82) is 0 Å². The Balaban J connectivity index is 0.000000224. The van der Waals surface area contributed by atoms with Crippen LogP contribution in [0.3, 0.4) is 0 Å². The maximum atomic E-state index is 12.8. The number of aryl methyl sites for hydroxylation is 1. The number of aromatic nitrogens is 2. The maximum absolute atomic E-state index is 12.8. The molecule has 4 atom stereocenters. The van der Waals surface area contributed by atoms with Crippen LogP contribution in [0.4, 0.5) is 0 Å². The number of H-pyrrole nitrogens is 1. The Bertz CT molecular complexity index is 2690. The third-order valence-corrected chi connectivity index (χ3v) is 14.2. The molecule has 2 saturated heterocycles. The van der Waals surface area contributed by atoms with Crippen molar-refractivity contribution in [2.24, 2.45) is 0 Å². The molecular formula is C47H55N4O5PdS2-. The molecule has 8 rings (SSSR count). The number of likely N-dealkylation sites (tertiary alicyclic amines) is 2. The van der Waals surface area contributed by atoms with E-state index >= 15 is 0 Å². The third-order valence-electron chi connectivity index (χ3n) is 11.3. The fourth-order valence-electron chi connectivity index (χ4n) is 8.01. The Morgan fingerprint density at radius 3 is 2.00 bits per heavy atom. The first-order chi connectivity index (χ1) is 28.2. The monoisotopic (exact) mass is 927 g/mol. The van der Waals surface area contributed by atoms with Gasteiger partial charge in [-0.3, -0.25) is 9.36 Å². The van der Waals surface area contributed by atoms with Crippen LogP contribution in [0, 0.1) is 7.43 Å². The van der Waals surface area contributed by atoms with Crippen LogP contribution in [0.25, 0.3) is 27.9 Å². The van der Waals surface area contributed by atoms with Gasteiger partial charge >= 0.3 is 0 Å². The zero-order valence-corrected chi connectivity index (χ0v) is 37.2. The molecule has 0 spiro atoms. The molecule has 2 aromatic heterocycles. The van der Waals surface area contributed by atoms with E-state index in [0.29, 0.717) is 17.6 Å². The molecule has 0 amide bonds. The molecule has 0 radical (unpaired) electrons. The molecule has 4 aromatic carbocycles. The van der Waals surface area contributed by atoms with E-state index in [-0.39, 0.29) is 43.5 Å². The van der Waals surface area contributed by atoms with Gasteiger partial charge in [0.05, 0.1) is 21.0 Å². The second kappa shape index (κ2) is 19.9. The van der Waals surface area contributed by atoms with E-state index in [1.807, 2.05) is 42.7 Å². The molecule has 4 heterocycles. The minimum absolute atomic E-state index is 0. The molecule has 59 heavy (non-hydrogen) atoms. The molecule has 316 valence electrons. The normalized spacial score (nSPS) is 19.0. The summed E-state index contributed by atoms with van der Waals surface area (Å²) in [6.45, 7) is 3.78. The largest absolute Gasteiger partial charge is 0.361 e. The van der Waals surface area contributed by atoms with Crippen molar-refractivity contribution >= 4 is 53.5 Å². The topological polar surface area (TPSA) is 113 Å². The summed E-state index contributed by atoms with van der Waals surface area (Å²) in [5, 5.41) is 3.27. The van der Waals surface area contributed by atoms with E-state index in [4.69, 9.17) is 2.74 Å². The van der Waals surface area contributed by atoms with Crippen LogP contribution < -0.4 is 0 Å². The number of sulfone groups is 2. The summed E-state index contributed by atoms with van der Waals surface area (Å²) < 4.78 is 69.1. The number of rotatable bonds is 11. The Morgan fingerprint density at radius 2 is 1.41 bits per heavy atom. The average Bonchev–Trinajstić information content (AvgIpc) is 4.04. The molecule has 0 bridgehead atoms. The van der Waals surface area contributed by atoms with Gasteiger partial charge in [0, 0.05) is 76.3 Å². The van der Waals surface area contributed by atoms with Crippen LogP contribution in [0.15, 0.2) is 125 Å². The molecule has 2 aliphatic rings. The summed E-state index contributed by atoms with van der Waals surface area (Å²) in [6.07, 6.45) is 10.9. The Hall–Kier alpha value is -4.15. The smallest absolute Gasteiger partial charge is 0.227 e. The number of carbonyl (C=O) groups is 1. The Kier molecular flexibility index (Phi) is 14.5. The van der Waals surface area contributed by atoms with Gasteiger partial charge in [-0.25, -0.2) is 16.8 Å². The van der Waals surface area contributed by atoms with Gasteiger partial charge in [-0.1, -0.05) is 48.5 Å². The fraction of sp³-hybridized carbons (Fsp3) is 0.319. The number of hydrogen-bond acceptors (Lipinski definition) is 7. The summed E-state index contributed by atoms with van der Waals surface area (Å²) in [7, 11) is -3.11. The van der Waals surface area contributed by atoms with Gasteiger partial charge in [-0.15, -0.1) is 0 Å². The summed E-state index contributed by atoms with van der Waals surface area (Å²) in [6, 6.07) is 28.6. The first-order valence-electron chi connectivity index (χ1n) is 20.7. The van der Waals surface area contributed by atoms with Crippen molar-refractivity contribution in [1.82, 2.24) is 19.4 Å². The Labute approximate surface area is 366 Å². The van der Waals surface area contributed by atoms with E-state index in [9.17, 15) is 21.6 Å². The quantitative estimate of drug-likeness (QED) is 0.102. The van der Waals surface area contributed by atoms with Crippen molar-refractivity contribution in [3.8, 4) is 0 Å². The summed E-state index contributed by atoms with van der Waals surface area (Å²) in [5.41, 5.74) is 3.92. The molecular weight excluding hydrogens is 871 g/mol. The number of carbonyl (C=O) groups excluding carboxylic acids is 1. The van der Waals surface area contributed by atoms with E-state index in [2.05, 4.69) is 28.9 Å². The maximum Gasteiger partial charge on any atom is 0.227 e. The molecule has 2 fully saturated rings. The molecule has 12 heteroatoms. The van der Waals surface area contributed by atoms with Gasteiger partial charge in [0.1, 0.15) is 0 Å². The SMILES string of the molecule is CC(=O)n1cc(C[C@H]2CCCN2C)c2cc(/C=C/S(=O)(=O)c3ccccc3)ccc21.[2H]C(c1ccc2[nH]cc(C[C@H]3CCCN3C)c2c1)C([2H])S(=O)(=O)c1ccccc1.[CH3-].[Pd]. The standard InChI is InChI=1S/C24H26N2O3S.C22H26N2O2S.CH3.Pd/c1-18(27)26-17-20(16-21-7-6-13-25(21)2)23-15-19(10-11-24(23)26)12-14-30(28,29)22-8-4-3-5-9-22;1-24-12-5-6-19(24)15-18-16-23-22-10-9-17(14-21(18)22)11-13-27(25,26)20-7-3-2-4-8-20;;/h3-5,8-12,14-15,17,21H,6-7,13,16H2,1-2H3;2-4,7-10,14,16,19,23H,5-6,11-13,15H2,1H3;1H3;/q;;-1;/b14-12+;;;/t21-;19-;;/m11../s1/i;11D,13D;;/t;11?,13?,19-;;. The Morgan fingerprint density at radius 1 is 0.797 bits per heavy atom. The predicted molar refractivity (Wildman–Crippen MR) is 237 cm³/mol. The third kappa shape index (κ3) is 11.0. The minimum Gasteiger partial charge on any atom is -0.361 e. The van der Waals surface area contributed by atoms with E-state index in [1.165, 1.54) is 42.4 Å². The number of nitrogens with one attached hydrogen (secondary N) is 1. The number of nitrogens with zero attached hydrogens (tertiary/aromatic N) is 3. The van der Waals surface area contributed by atoms with Crippen LogP contribution in [-0.4, -0.2) is 87.1 Å². The van der Waals surface area contributed by atoms with Crippen molar-refractivity contribution in [2.75, 3.05) is 32.9 Å². The second-order valence-electron chi connectivity index (χ2n) is 15.2. The number of likely N-dealkylation sites (N-methyl/N-ethyl adjacent to an activating group) is 2. The molecule has 2 aliphatic heterocycles. The molecule has 9 nitrogen and oxygen atoms in total. The summed E-state index contributed by atoms with van der Waals surface area (Å²) in [5.74, 6) is -0.0269. The second-order valence-corrected chi connectivity index (χ2v) is 18.9. The number of hydrogen-bond donors (Lipinski definition) is 1. The van der Waals surface area contributed by atoms with Crippen LogP contribution >= 0.6 is 0 Å². The van der Waals surface area contributed by atoms with Crippen LogP contribution in [0.2, 0.25) is 0 Å². The van der Waals surface area contributed by atoms with Gasteiger partial charge in [0.2, 0.25) is 5.91 Å². The summed E-state index contributed by atoms with van der Waals surface area (Å²) >= 11 is 0. The molecule has 2 unspecified atom stereocenters.